The van der Waals surface area contributed by atoms with Crippen molar-refractivity contribution in [2.45, 2.75) is 6.54 Å². The number of carboxylic acid groups (broad SMARTS) is 1. The first kappa shape index (κ1) is 12.4. The van der Waals surface area contributed by atoms with Gasteiger partial charge in [0.2, 0.25) is 0 Å². The second-order valence-corrected chi connectivity index (χ2v) is 5.22. The minimum absolute atomic E-state index is 0.146. The Kier molecular flexibility index (Phi) is 4.02. The topological polar surface area (TPSA) is 40.5 Å². The summed E-state index contributed by atoms with van der Waals surface area (Å²) in [4.78, 5) is 13.0. The smallest absolute Gasteiger partial charge is 0.335 e. The first-order valence-corrected chi connectivity index (χ1v) is 6.64. The van der Waals surface area contributed by atoms with E-state index in [1.165, 1.54) is 18.2 Å². The Morgan fingerprint density at radius 1 is 1.41 bits per heavy atom. The summed E-state index contributed by atoms with van der Waals surface area (Å²) in [5.41, 5.74) is 0.615. The van der Waals surface area contributed by atoms with Crippen LogP contribution in [0.25, 0.3) is 0 Å². The molecule has 0 saturated carbocycles. The van der Waals surface area contributed by atoms with Crippen LogP contribution < -0.4 is 0 Å². The highest BCUT2D eigenvalue weighted by Crippen LogP contribution is 2.16. The van der Waals surface area contributed by atoms with Crippen LogP contribution in [0.2, 0.25) is 0 Å². The van der Waals surface area contributed by atoms with Gasteiger partial charge in [0, 0.05) is 36.7 Å². The van der Waals surface area contributed by atoms with Crippen LogP contribution in [0.5, 0.6) is 0 Å². The molecule has 3 nitrogen and oxygen atoms in total. The Morgan fingerprint density at radius 3 is 2.76 bits per heavy atom. The standard InChI is InChI=1S/C12H14FNO2S/c13-11-2-1-9(12(15)16)7-10(11)8-14-3-5-17-6-4-14/h1-2,7H,3-6,8H2,(H,15,16). The number of benzene rings is 1. The Hall–Kier alpha value is -1.07. The van der Waals surface area contributed by atoms with Crippen LogP contribution in [0, 0.1) is 5.82 Å². The van der Waals surface area contributed by atoms with Gasteiger partial charge in [0.15, 0.2) is 0 Å². The van der Waals surface area contributed by atoms with E-state index in [1.807, 2.05) is 11.8 Å². The molecule has 1 heterocycles. The number of rotatable bonds is 3. The average Bonchev–Trinajstić information content (AvgIpc) is 2.33. The van der Waals surface area contributed by atoms with Crippen LogP contribution in [-0.4, -0.2) is 40.6 Å². The fourth-order valence-corrected chi connectivity index (χ4v) is 2.81. The van der Waals surface area contributed by atoms with E-state index in [1.54, 1.807) is 0 Å². The van der Waals surface area contributed by atoms with Crippen molar-refractivity contribution in [3.8, 4) is 0 Å². The second-order valence-electron chi connectivity index (χ2n) is 4.00. The third kappa shape index (κ3) is 3.20. The third-order valence-electron chi connectivity index (χ3n) is 2.79. The number of carbonyl (C=O) groups is 1. The lowest BCUT2D eigenvalue weighted by Gasteiger charge is -2.26. The molecule has 1 fully saturated rings. The molecule has 92 valence electrons. The van der Waals surface area contributed by atoms with Gasteiger partial charge in [-0.25, -0.2) is 9.18 Å². The Balaban J connectivity index is 2.13. The van der Waals surface area contributed by atoms with Crippen LogP contribution in [0.1, 0.15) is 15.9 Å². The molecule has 0 atom stereocenters. The minimum Gasteiger partial charge on any atom is -0.478 e. The number of hydrogen-bond acceptors (Lipinski definition) is 3. The summed E-state index contributed by atoms with van der Waals surface area (Å²) in [5, 5.41) is 8.87. The van der Waals surface area contributed by atoms with Crippen molar-refractivity contribution in [3.05, 3.63) is 35.1 Å². The molecule has 1 aromatic rings. The molecule has 1 aliphatic heterocycles. The van der Waals surface area contributed by atoms with E-state index in [-0.39, 0.29) is 11.4 Å². The molecular weight excluding hydrogens is 241 g/mol. The van der Waals surface area contributed by atoms with Crippen molar-refractivity contribution < 1.29 is 14.3 Å². The van der Waals surface area contributed by atoms with Crippen molar-refractivity contribution >= 4 is 17.7 Å². The molecule has 5 heteroatoms. The van der Waals surface area contributed by atoms with Gasteiger partial charge in [-0.05, 0) is 18.2 Å². The van der Waals surface area contributed by atoms with E-state index in [4.69, 9.17) is 5.11 Å². The van der Waals surface area contributed by atoms with Gasteiger partial charge in [-0.2, -0.15) is 11.8 Å². The monoisotopic (exact) mass is 255 g/mol. The van der Waals surface area contributed by atoms with Crippen LogP contribution in [0.4, 0.5) is 4.39 Å². The predicted molar refractivity (Wildman–Crippen MR) is 66.0 cm³/mol. The highest BCUT2D eigenvalue weighted by molar-refractivity contribution is 7.99. The van der Waals surface area contributed by atoms with Crippen molar-refractivity contribution in [3.63, 3.8) is 0 Å². The average molecular weight is 255 g/mol. The normalized spacial score (nSPS) is 17.0. The van der Waals surface area contributed by atoms with Gasteiger partial charge in [0.25, 0.3) is 0 Å². The summed E-state index contributed by atoms with van der Waals surface area (Å²) < 4.78 is 13.6. The fourth-order valence-electron chi connectivity index (χ4n) is 1.83. The van der Waals surface area contributed by atoms with E-state index in [9.17, 15) is 9.18 Å². The highest BCUT2D eigenvalue weighted by Gasteiger charge is 2.14. The molecule has 0 aliphatic carbocycles. The maximum Gasteiger partial charge on any atom is 0.335 e. The van der Waals surface area contributed by atoms with Gasteiger partial charge >= 0.3 is 5.97 Å². The van der Waals surface area contributed by atoms with Gasteiger partial charge in [-0.15, -0.1) is 0 Å². The number of aromatic carboxylic acids is 1. The maximum absolute atomic E-state index is 13.6. The molecule has 1 aromatic carbocycles. The number of thioether (sulfide) groups is 1. The Bertz CT molecular complexity index is 419. The Labute approximate surface area is 104 Å². The van der Waals surface area contributed by atoms with E-state index < -0.39 is 5.97 Å². The summed E-state index contributed by atoms with van der Waals surface area (Å²) in [6.07, 6.45) is 0. The zero-order valence-electron chi connectivity index (χ0n) is 9.36. The number of halogens is 1. The number of hydrogen-bond donors (Lipinski definition) is 1. The highest BCUT2D eigenvalue weighted by atomic mass is 32.2. The quantitative estimate of drug-likeness (QED) is 0.897. The van der Waals surface area contributed by atoms with Crippen LogP contribution in [0.15, 0.2) is 18.2 Å². The number of carboxylic acids is 1. The summed E-state index contributed by atoms with van der Waals surface area (Å²) in [6.45, 7) is 2.36. The molecule has 0 spiro atoms. The third-order valence-corrected chi connectivity index (χ3v) is 3.73. The summed E-state index contributed by atoms with van der Waals surface area (Å²) in [5.74, 6) is 0.772. The zero-order chi connectivity index (χ0) is 12.3. The lowest BCUT2D eigenvalue weighted by Crippen LogP contribution is -2.32. The van der Waals surface area contributed by atoms with Gasteiger partial charge in [-0.1, -0.05) is 0 Å². The van der Waals surface area contributed by atoms with Crippen LogP contribution >= 0.6 is 11.8 Å². The molecule has 0 aromatic heterocycles. The van der Waals surface area contributed by atoms with Gasteiger partial charge in [0.05, 0.1) is 5.56 Å². The van der Waals surface area contributed by atoms with Gasteiger partial charge in [-0.3, -0.25) is 4.90 Å². The molecule has 2 rings (SSSR count). The second kappa shape index (κ2) is 5.51. The fraction of sp³-hybridized carbons (Fsp3) is 0.417. The Morgan fingerprint density at radius 2 is 2.12 bits per heavy atom. The first-order valence-electron chi connectivity index (χ1n) is 5.48. The van der Waals surface area contributed by atoms with Crippen molar-refractivity contribution in [2.24, 2.45) is 0 Å². The SMILES string of the molecule is O=C(O)c1ccc(F)c(CN2CCSCC2)c1. The summed E-state index contributed by atoms with van der Waals surface area (Å²) in [7, 11) is 0. The molecule has 17 heavy (non-hydrogen) atoms. The van der Waals surface area contributed by atoms with E-state index >= 15 is 0 Å². The predicted octanol–water partition coefficient (Wildman–Crippen LogP) is 2.07. The molecule has 1 N–H and O–H groups in total. The van der Waals surface area contributed by atoms with Crippen molar-refractivity contribution in [1.29, 1.82) is 0 Å². The minimum atomic E-state index is -1.01. The molecule has 1 aliphatic rings. The zero-order valence-corrected chi connectivity index (χ0v) is 10.2. The lowest BCUT2D eigenvalue weighted by molar-refractivity contribution is 0.0696. The van der Waals surface area contributed by atoms with E-state index in [0.717, 1.165) is 24.6 Å². The maximum atomic E-state index is 13.6. The van der Waals surface area contributed by atoms with Crippen molar-refractivity contribution in [2.75, 3.05) is 24.6 Å². The number of nitrogens with zero attached hydrogens (tertiary/aromatic N) is 1. The van der Waals surface area contributed by atoms with Crippen LogP contribution in [0.3, 0.4) is 0 Å². The van der Waals surface area contributed by atoms with Crippen LogP contribution in [-0.2, 0) is 6.54 Å². The molecule has 1 saturated heterocycles. The summed E-state index contributed by atoms with van der Waals surface area (Å²) >= 11 is 1.89. The molecule has 0 bridgehead atoms. The van der Waals surface area contributed by atoms with E-state index in [2.05, 4.69) is 4.90 Å². The summed E-state index contributed by atoms with van der Waals surface area (Å²) in [6, 6.07) is 3.96. The molecule has 0 radical (unpaired) electrons. The largest absolute Gasteiger partial charge is 0.478 e. The molecule has 0 unspecified atom stereocenters. The molecular formula is C12H14FNO2S. The van der Waals surface area contributed by atoms with Gasteiger partial charge < -0.3 is 5.11 Å². The van der Waals surface area contributed by atoms with E-state index in [0.29, 0.717) is 12.1 Å². The molecule has 0 amide bonds. The lowest BCUT2D eigenvalue weighted by atomic mass is 10.1. The van der Waals surface area contributed by atoms with Crippen molar-refractivity contribution in [1.82, 2.24) is 4.90 Å². The first-order chi connectivity index (χ1) is 8.16. The van der Waals surface area contributed by atoms with Gasteiger partial charge in [0.1, 0.15) is 5.82 Å².